The molecule has 12 heteroatoms. The van der Waals surface area contributed by atoms with Gasteiger partial charge < -0.3 is 21.1 Å². The summed E-state index contributed by atoms with van der Waals surface area (Å²) in [5.41, 5.74) is 9.76. The zero-order valence-corrected chi connectivity index (χ0v) is 19.8. The van der Waals surface area contributed by atoms with Crippen LogP contribution in [0.4, 0.5) is 11.5 Å². The minimum atomic E-state index is -0.854. The average Bonchev–Trinajstić information content (AvgIpc) is 3.52. The van der Waals surface area contributed by atoms with E-state index >= 15 is 0 Å². The molecule has 0 saturated carbocycles. The normalized spacial score (nSPS) is 18.9. The second-order valence-electron chi connectivity index (χ2n) is 8.48. The minimum absolute atomic E-state index is 0.0176. The average molecular weight is 502 g/mol. The van der Waals surface area contributed by atoms with Crippen LogP contribution in [0.5, 0.6) is 0 Å². The Balaban J connectivity index is 1.40. The lowest BCUT2D eigenvalue weighted by Crippen LogP contribution is -2.47. The SMILES string of the molecule is Nc1ncnn2c(C3=CCN(CC(=O)O)C3)cc(N3CCC[C@@H](NC(=O)c4ccc(Cl)s4)C3)c12. The van der Waals surface area contributed by atoms with Gasteiger partial charge in [0.05, 0.1) is 27.1 Å². The second kappa shape index (κ2) is 9.24. The van der Waals surface area contributed by atoms with Gasteiger partial charge in [-0.1, -0.05) is 17.7 Å². The first kappa shape index (κ1) is 22.6. The number of carbonyl (C=O) groups excluding carboxylic acids is 1. The van der Waals surface area contributed by atoms with E-state index in [-0.39, 0.29) is 18.5 Å². The molecule has 178 valence electrons. The van der Waals surface area contributed by atoms with Crippen LogP contribution < -0.4 is 16.0 Å². The molecule has 3 aromatic heterocycles. The molecule has 1 atom stereocenters. The number of carbonyl (C=O) groups is 2. The molecular weight excluding hydrogens is 478 g/mol. The Hall–Kier alpha value is -3.15. The molecule has 1 saturated heterocycles. The van der Waals surface area contributed by atoms with Gasteiger partial charge in [-0.3, -0.25) is 14.5 Å². The van der Waals surface area contributed by atoms with E-state index in [0.29, 0.717) is 40.2 Å². The number of carboxylic acid groups (broad SMARTS) is 1. The molecule has 5 rings (SSSR count). The first-order chi connectivity index (χ1) is 16.4. The van der Waals surface area contributed by atoms with Crippen molar-refractivity contribution in [1.82, 2.24) is 24.8 Å². The number of nitrogen functional groups attached to an aromatic ring is 1. The summed E-state index contributed by atoms with van der Waals surface area (Å²) < 4.78 is 2.37. The summed E-state index contributed by atoms with van der Waals surface area (Å²) in [5, 5.41) is 16.7. The van der Waals surface area contributed by atoms with Gasteiger partial charge in [0.2, 0.25) is 0 Å². The zero-order valence-electron chi connectivity index (χ0n) is 18.3. The number of fused-ring (bicyclic) bond motifs is 1. The summed E-state index contributed by atoms with van der Waals surface area (Å²) in [7, 11) is 0. The molecule has 5 heterocycles. The first-order valence-corrected chi connectivity index (χ1v) is 12.2. The molecule has 0 radical (unpaired) electrons. The number of carboxylic acids is 1. The number of nitrogens with zero attached hydrogens (tertiary/aromatic N) is 5. The largest absolute Gasteiger partial charge is 0.480 e. The predicted octanol–water partition coefficient (Wildman–Crippen LogP) is 2.21. The third kappa shape index (κ3) is 4.46. The quantitative estimate of drug-likeness (QED) is 0.469. The van der Waals surface area contributed by atoms with E-state index in [4.69, 9.17) is 22.4 Å². The number of hydrogen-bond donors (Lipinski definition) is 3. The van der Waals surface area contributed by atoms with Crippen molar-refractivity contribution in [3.63, 3.8) is 0 Å². The first-order valence-electron chi connectivity index (χ1n) is 11.0. The Morgan fingerprint density at radius 1 is 1.35 bits per heavy atom. The van der Waals surface area contributed by atoms with Crippen LogP contribution in [0, 0.1) is 0 Å². The van der Waals surface area contributed by atoms with Crippen molar-refractivity contribution in [1.29, 1.82) is 0 Å². The summed E-state index contributed by atoms with van der Waals surface area (Å²) in [4.78, 5) is 32.6. The highest BCUT2D eigenvalue weighted by molar-refractivity contribution is 7.18. The van der Waals surface area contributed by atoms with Crippen LogP contribution in [0.25, 0.3) is 11.1 Å². The highest BCUT2D eigenvalue weighted by Gasteiger charge is 2.28. The van der Waals surface area contributed by atoms with E-state index in [1.807, 2.05) is 17.0 Å². The second-order valence-corrected chi connectivity index (χ2v) is 10.2. The third-order valence-corrected chi connectivity index (χ3v) is 7.36. The number of nitrogens with one attached hydrogen (secondary N) is 1. The van der Waals surface area contributed by atoms with Crippen molar-refractivity contribution in [2.75, 3.05) is 43.4 Å². The Kier molecular flexibility index (Phi) is 6.15. The summed E-state index contributed by atoms with van der Waals surface area (Å²) in [6.07, 6.45) is 5.23. The van der Waals surface area contributed by atoms with E-state index in [0.717, 1.165) is 36.3 Å². The number of halogens is 1. The number of aliphatic carboxylic acids is 1. The predicted molar refractivity (Wildman–Crippen MR) is 131 cm³/mol. The van der Waals surface area contributed by atoms with Crippen molar-refractivity contribution >= 4 is 57.4 Å². The molecule has 34 heavy (non-hydrogen) atoms. The molecule has 3 aromatic rings. The Bertz CT molecular complexity index is 1290. The number of anilines is 2. The van der Waals surface area contributed by atoms with Crippen LogP contribution in [-0.4, -0.2) is 75.2 Å². The summed E-state index contributed by atoms with van der Waals surface area (Å²) in [6, 6.07) is 5.47. The molecular formula is C22H24ClN7O3S. The summed E-state index contributed by atoms with van der Waals surface area (Å²) in [5.74, 6) is -0.603. The van der Waals surface area contributed by atoms with Gasteiger partial charge >= 0.3 is 5.97 Å². The summed E-state index contributed by atoms with van der Waals surface area (Å²) >= 11 is 7.24. The maximum Gasteiger partial charge on any atom is 0.317 e. The maximum atomic E-state index is 12.6. The molecule has 1 amide bonds. The fourth-order valence-electron chi connectivity index (χ4n) is 4.63. The van der Waals surface area contributed by atoms with Crippen molar-refractivity contribution in [3.8, 4) is 0 Å². The highest BCUT2D eigenvalue weighted by Crippen LogP contribution is 2.34. The van der Waals surface area contributed by atoms with Crippen LogP contribution in [0.1, 0.15) is 28.2 Å². The van der Waals surface area contributed by atoms with Gasteiger partial charge in [0.1, 0.15) is 11.8 Å². The Morgan fingerprint density at radius 3 is 2.97 bits per heavy atom. The van der Waals surface area contributed by atoms with E-state index in [1.165, 1.54) is 17.7 Å². The van der Waals surface area contributed by atoms with Crippen LogP contribution in [0.2, 0.25) is 4.34 Å². The molecule has 2 aliphatic rings. The van der Waals surface area contributed by atoms with Crippen LogP contribution in [0.3, 0.4) is 0 Å². The van der Waals surface area contributed by atoms with Gasteiger partial charge in [-0.05, 0) is 36.6 Å². The molecule has 0 bridgehead atoms. The maximum absolute atomic E-state index is 12.6. The molecule has 10 nitrogen and oxygen atoms in total. The van der Waals surface area contributed by atoms with E-state index < -0.39 is 5.97 Å². The monoisotopic (exact) mass is 501 g/mol. The number of hydrogen-bond acceptors (Lipinski definition) is 8. The number of thiophene rings is 1. The van der Waals surface area contributed by atoms with Gasteiger partial charge in [0.15, 0.2) is 5.82 Å². The molecule has 0 unspecified atom stereocenters. The minimum Gasteiger partial charge on any atom is -0.480 e. The van der Waals surface area contributed by atoms with Crippen LogP contribution >= 0.6 is 22.9 Å². The topological polar surface area (TPSA) is 129 Å². The molecule has 0 aliphatic carbocycles. The van der Waals surface area contributed by atoms with E-state index in [2.05, 4.69) is 20.3 Å². The van der Waals surface area contributed by atoms with Crippen molar-refractivity contribution in [2.24, 2.45) is 0 Å². The van der Waals surface area contributed by atoms with Crippen LogP contribution in [-0.2, 0) is 4.79 Å². The van der Waals surface area contributed by atoms with Gasteiger partial charge in [-0.25, -0.2) is 9.50 Å². The zero-order chi connectivity index (χ0) is 23.8. The lowest BCUT2D eigenvalue weighted by atomic mass is 10.0. The Labute approximate surface area is 204 Å². The fourth-order valence-corrected chi connectivity index (χ4v) is 5.58. The van der Waals surface area contributed by atoms with Crippen LogP contribution in [0.15, 0.2) is 30.6 Å². The number of piperidine rings is 1. The lowest BCUT2D eigenvalue weighted by Gasteiger charge is -2.34. The summed E-state index contributed by atoms with van der Waals surface area (Å²) in [6.45, 7) is 2.51. The van der Waals surface area contributed by atoms with E-state index in [1.54, 1.807) is 16.6 Å². The fraction of sp³-hybridized carbons (Fsp3) is 0.364. The molecule has 4 N–H and O–H groups in total. The van der Waals surface area contributed by atoms with Crippen molar-refractivity contribution in [3.05, 3.63) is 45.5 Å². The molecule has 1 fully saturated rings. The van der Waals surface area contributed by atoms with Gasteiger partial charge in [0.25, 0.3) is 5.91 Å². The highest BCUT2D eigenvalue weighted by atomic mass is 35.5. The Morgan fingerprint density at radius 2 is 2.21 bits per heavy atom. The lowest BCUT2D eigenvalue weighted by molar-refractivity contribution is -0.137. The van der Waals surface area contributed by atoms with Gasteiger partial charge in [-0.2, -0.15) is 5.10 Å². The van der Waals surface area contributed by atoms with Gasteiger partial charge in [-0.15, -0.1) is 11.3 Å². The molecule has 2 aliphatic heterocycles. The number of nitrogens with two attached hydrogens (primary N) is 1. The van der Waals surface area contributed by atoms with Crippen molar-refractivity contribution in [2.45, 2.75) is 18.9 Å². The van der Waals surface area contributed by atoms with Gasteiger partial charge in [0, 0.05) is 32.2 Å². The number of rotatable bonds is 6. The smallest absolute Gasteiger partial charge is 0.317 e. The molecule has 0 aromatic carbocycles. The standard InChI is InChI=1S/C22H24ClN7O3S/c23-18-4-3-17(34-18)22(33)27-14-2-1-6-29(10-14)16-8-15(30-20(16)21(24)25-12-26-30)13-5-7-28(9-13)11-19(31)32/h3-5,8,12,14H,1-2,6-7,9-11H2,(H,27,33)(H,31,32)(H2,24,25,26)/t14-/m1/s1. The number of amides is 1. The molecule has 0 spiro atoms. The van der Waals surface area contributed by atoms with Crippen molar-refractivity contribution < 1.29 is 14.7 Å². The van der Waals surface area contributed by atoms with E-state index in [9.17, 15) is 9.59 Å². The third-order valence-electron chi connectivity index (χ3n) is 6.13. The number of aromatic nitrogens is 3.